The second kappa shape index (κ2) is 7.42. The average Bonchev–Trinajstić information content (AvgIpc) is 3.05. The maximum atomic E-state index is 12.3. The van der Waals surface area contributed by atoms with Crippen molar-refractivity contribution in [3.63, 3.8) is 0 Å². The van der Waals surface area contributed by atoms with E-state index in [4.69, 9.17) is 4.42 Å². The molecule has 1 atom stereocenters. The molecule has 2 aromatic heterocycles. The van der Waals surface area contributed by atoms with Gasteiger partial charge in [0, 0.05) is 12.3 Å². The summed E-state index contributed by atoms with van der Waals surface area (Å²) in [5.41, 5.74) is 1.77. The van der Waals surface area contributed by atoms with Crippen molar-refractivity contribution in [3.05, 3.63) is 95.7 Å². The van der Waals surface area contributed by atoms with E-state index in [1.807, 2.05) is 67.6 Å². The molecule has 0 bridgehead atoms. The topological polar surface area (TPSA) is 55.1 Å². The van der Waals surface area contributed by atoms with Crippen molar-refractivity contribution in [1.29, 1.82) is 0 Å². The summed E-state index contributed by atoms with van der Waals surface area (Å²) in [4.78, 5) is 16.7. The first kappa shape index (κ1) is 15.7. The minimum Gasteiger partial charge on any atom is -0.462 e. The molecule has 2 heterocycles. The third-order valence-corrected chi connectivity index (χ3v) is 3.56. The highest BCUT2D eigenvalue weighted by Crippen LogP contribution is 2.20. The number of hydrogen-bond donors (Lipinski definition) is 1. The smallest absolute Gasteiger partial charge is 0.244 e. The van der Waals surface area contributed by atoms with Crippen LogP contribution in [-0.2, 0) is 4.79 Å². The molecule has 0 saturated heterocycles. The van der Waals surface area contributed by atoms with Gasteiger partial charge < -0.3 is 9.73 Å². The van der Waals surface area contributed by atoms with Gasteiger partial charge in [0.2, 0.25) is 5.91 Å². The minimum atomic E-state index is -0.303. The standard InChI is InChI=1S/C20H18N2O2/c1-15-10-11-17(24-15)12-13-19(23)22-20(16-7-3-2-4-8-16)18-9-5-6-14-21-18/h2-14,20H,1H3,(H,22,23)/b13-12+. The van der Waals surface area contributed by atoms with Crippen molar-refractivity contribution < 1.29 is 9.21 Å². The number of aromatic nitrogens is 1. The molecule has 24 heavy (non-hydrogen) atoms. The number of nitrogens with zero attached hydrogens (tertiary/aromatic N) is 1. The zero-order valence-electron chi connectivity index (χ0n) is 13.3. The monoisotopic (exact) mass is 318 g/mol. The van der Waals surface area contributed by atoms with Crippen LogP contribution in [0.15, 0.2) is 77.4 Å². The minimum absolute atomic E-state index is 0.205. The first-order chi connectivity index (χ1) is 11.7. The van der Waals surface area contributed by atoms with E-state index in [9.17, 15) is 4.79 Å². The number of rotatable bonds is 5. The molecule has 1 amide bonds. The van der Waals surface area contributed by atoms with E-state index in [2.05, 4.69) is 10.3 Å². The summed E-state index contributed by atoms with van der Waals surface area (Å²) in [7, 11) is 0. The van der Waals surface area contributed by atoms with Gasteiger partial charge in [-0.05, 0) is 42.8 Å². The number of hydrogen-bond acceptors (Lipinski definition) is 3. The molecule has 0 aliphatic rings. The van der Waals surface area contributed by atoms with Crippen molar-refractivity contribution in [1.82, 2.24) is 10.3 Å². The Balaban J connectivity index is 1.79. The Hall–Kier alpha value is -3.14. The fraction of sp³-hybridized carbons (Fsp3) is 0.100. The zero-order chi connectivity index (χ0) is 16.8. The van der Waals surface area contributed by atoms with E-state index in [0.717, 1.165) is 17.0 Å². The third kappa shape index (κ3) is 3.98. The van der Waals surface area contributed by atoms with E-state index in [0.29, 0.717) is 5.76 Å². The normalized spacial score (nSPS) is 12.2. The van der Waals surface area contributed by atoms with Crippen LogP contribution in [0, 0.1) is 6.92 Å². The van der Waals surface area contributed by atoms with Crippen LogP contribution < -0.4 is 5.32 Å². The highest BCUT2D eigenvalue weighted by atomic mass is 16.3. The molecule has 120 valence electrons. The van der Waals surface area contributed by atoms with Gasteiger partial charge in [-0.1, -0.05) is 36.4 Å². The lowest BCUT2D eigenvalue weighted by atomic mass is 10.0. The van der Waals surface area contributed by atoms with Gasteiger partial charge in [-0.25, -0.2) is 0 Å². The summed E-state index contributed by atoms with van der Waals surface area (Å²) in [6, 6.07) is 18.8. The number of nitrogens with one attached hydrogen (secondary N) is 1. The maximum Gasteiger partial charge on any atom is 0.244 e. The Morgan fingerprint density at radius 3 is 2.54 bits per heavy atom. The third-order valence-electron chi connectivity index (χ3n) is 3.56. The van der Waals surface area contributed by atoms with Crippen LogP contribution in [0.5, 0.6) is 0 Å². The number of amides is 1. The van der Waals surface area contributed by atoms with E-state index in [1.54, 1.807) is 12.3 Å². The van der Waals surface area contributed by atoms with Crippen LogP contribution in [0.2, 0.25) is 0 Å². The average molecular weight is 318 g/mol. The molecule has 1 aromatic carbocycles. The highest BCUT2D eigenvalue weighted by molar-refractivity contribution is 5.91. The first-order valence-corrected chi connectivity index (χ1v) is 7.73. The van der Waals surface area contributed by atoms with E-state index >= 15 is 0 Å². The highest BCUT2D eigenvalue weighted by Gasteiger charge is 2.16. The van der Waals surface area contributed by atoms with Gasteiger partial charge in [0.1, 0.15) is 11.5 Å². The fourth-order valence-corrected chi connectivity index (χ4v) is 2.41. The SMILES string of the molecule is Cc1ccc(/C=C/C(=O)NC(c2ccccc2)c2ccccn2)o1. The quantitative estimate of drug-likeness (QED) is 0.726. The molecule has 0 aliphatic carbocycles. The van der Waals surface area contributed by atoms with Gasteiger partial charge >= 0.3 is 0 Å². The first-order valence-electron chi connectivity index (χ1n) is 7.73. The van der Waals surface area contributed by atoms with E-state index in [-0.39, 0.29) is 11.9 Å². The Kier molecular flexibility index (Phi) is 4.87. The molecule has 1 unspecified atom stereocenters. The van der Waals surface area contributed by atoms with E-state index < -0.39 is 0 Å². The van der Waals surface area contributed by atoms with Crippen molar-refractivity contribution in [2.75, 3.05) is 0 Å². The molecule has 0 aliphatic heterocycles. The molecule has 1 N–H and O–H groups in total. The summed E-state index contributed by atoms with van der Waals surface area (Å²) in [5.74, 6) is 1.26. The van der Waals surface area contributed by atoms with Crippen LogP contribution in [0.25, 0.3) is 6.08 Å². The molecular formula is C20H18N2O2. The Bertz CT molecular complexity index is 784. The molecule has 0 saturated carbocycles. The predicted octanol–water partition coefficient (Wildman–Crippen LogP) is 3.90. The van der Waals surface area contributed by atoms with Crippen LogP contribution in [0.1, 0.15) is 28.8 Å². The summed E-state index contributed by atoms with van der Waals surface area (Å²) >= 11 is 0. The molecule has 0 spiro atoms. The van der Waals surface area contributed by atoms with Gasteiger partial charge in [0.05, 0.1) is 11.7 Å². The summed E-state index contributed by atoms with van der Waals surface area (Å²) < 4.78 is 5.43. The Labute approximate surface area is 140 Å². The van der Waals surface area contributed by atoms with Gasteiger partial charge in [-0.3, -0.25) is 9.78 Å². The summed E-state index contributed by atoms with van der Waals surface area (Å²) in [6.45, 7) is 1.86. The zero-order valence-corrected chi connectivity index (χ0v) is 13.3. The van der Waals surface area contributed by atoms with Crippen molar-refractivity contribution in [2.45, 2.75) is 13.0 Å². The molecular weight excluding hydrogens is 300 g/mol. The summed E-state index contributed by atoms with van der Waals surface area (Å²) in [6.07, 6.45) is 4.85. The number of aryl methyl sites for hydroxylation is 1. The van der Waals surface area contributed by atoms with Crippen LogP contribution in [-0.4, -0.2) is 10.9 Å². The van der Waals surface area contributed by atoms with Crippen molar-refractivity contribution >= 4 is 12.0 Å². The molecule has 0 fully saturated rings. The summed E-state index contributed by atoms with van der Waals surface area (Å²) in [5, 5.41) is 3.00. The lowest BCUT2D eigenvalue weighted by Gasteiger charge is -2.17. The van der Waals surface area contributed by atoms with Gasteiger partial charge in [0.15, 0.2) is 0 Å². The van der Waals surface area contributed by atoms with Crippen LogP contribution >= 0.6 is 0 Å². The largest absolute Gasteiger partial charge is 0.462 e. The lowest BCUT2D eigenvalue weighted by molar-refractivity contribution is -0.116. The Morgan fingerprint density at radius 2 is 1.88 bits per heavy atom. The maximum absolute atomic E-state index is 12.3. The molecule has 3 rings (SSSR count). The second-order valence-corrected chi connectivity index (χ2v) is 5.39. The number of benzene rings is 1. The predicted molar refractivity (Wildman–Crippen MR) is 93.1 cm³/mol. The lowest BCUT2D eigenvalue weighted by Crippen LogP contribution is -2.28. The van der Waals surface area contributed by atoms with E-state index in [1.165, 1.54) is 6.08 Å². The van der Waals surface area contributed by atoms with Crippen LogP contribution in [0.3, 0.4) is 0 Å². The number of furan rings is 1. The number of pyridine rings is 1. The van der Waals surface area contributed by atoms with Gasteiger partial charge in [0.25, 0.3) is 0 Å². The number of carbonyl (C=O) groups is 1. The Morgan fingerprint density at radius 1 is 1.08 bits per heavy atom. The second-order valence-electron chi connectivity index (χ2n) is 5.39. The van der Waals surface area contributed by atoms with Crippen molar-refractivity contribution in [2.24, 2.45) is 0 Å². The number of carbonyl (C=O) groups excluding carboxylic acids is 1. The molecule has 3 aromatic rings. The molecule has 4 nitrogen and oxygen atoms in total. The van der Waals surface area contributed by atoms with Gasteiger partial charge in [-0.2, -0.15) is 0 Å². The fourth-order valence-electron chi connectivity index (χ4n) is 2.41. The van der Waals surface area contributed by atoms with Crippen molar-refractivity contribution in [3.8, 4) is 0 Å². The molecule has 4 heteroatoms. The van der Waals surface area contributed by atoms with Gasteiger partial charge in [-0.15, -0.1) is 0 Å². The molecule has 0 radical (unpaired) electrons. The van der Waals surface area contributed by atoms with Crippen LogP contribution in [0.4, 0.5) is 0 Å².